The number of nitrogens with zero attached hydrogens (tertiary/aromatic N) is 8. The molecule has 2 saturated carbocycles. The van der Waals surface area contributed by atoms with Crippen molar-refractivity contribution in [3.63, 3.8) is 0 Å². The fraction of sp³-hybridized carbons (Fsp3) is 0.818. The van der Waals surface area contributed by atoms with E-state index < -0.39 is 151 Å². The van der Waals surface area contributed by atoms with Gasteiger partial charge >= 0.3 is 0 Å². The molecule has 0 bridgehead atoms. The summed E-state index contributed by atoms with van der Waals surface area (Å²) < 4.78 is 0.345. The normalized spacial score (nSPS) is 29.3. The molecule has 4 rings (SSSR count). The molecule has 4 fully saturated rings. The Bertz CT molecular complexity index is 2570. The van der Waals surface area contributed by atoms with Gasteiger partial charge in [-0.25, -0.2) is 0 Å². The van der Waals surface area contributed by atoms with Crippen molar-refractivity contribution in [1.29, 1.82) is 0 Å². The predicted molar refractivity (Wildman–Crippen MR) is 362 cm³/mol. The van der Waals surface area contributed by atoms with Gasteiger partial charge in [-0.15, -0.1) is 11.6 Å². The van der Waals surface area contributed by atoms with Crippen molar-refractivity contribution in [1.82, 2.24) is 60.5 Å². The smallest absolute Gasteiger partial charge is 0.246 e. The quantitative estimate of drug-likeness (QED) is 0.136. The van der Waals surface area contributed by atoms with Crippen molar-refractivity contribution in [2.45, 2.75) is 241 Å². The standard InChI is InChI=1S/C66H112ClIN12O12/c1-16-19-26-48-61(88)79(15)66(7,8)65(92)71-47(23-17-2)60(87)78(14)52(63(90)80-31-20-21-32-80)37-54(82)76(12)50(33-41(4)5)59(86)72-57(42(6)18-3)64(91)75(11)39-55(83)73(9)40-56(84)77(13)51(36-43-27-29-45(67)30-28-43)62(89)74(10)38-53(81)69-49(58(85)70-48)35-44-24-22-25-46(68)34-44/h41-52,57H,16-40H2,1-15H3,(H,69,81)(H,70,85)(H,71,92)(H,72,86)/t42-,43?,44?,45?,46?,47-,48-,49-,50-,51-,52-,57-/m0/s1. The zero-order valence-corrected chi connectivity index (χ0v) is 60.8. The molecule has 2 aliphatic carbocycles. The third-order valence-corrected chi connectivity index (χ3v) is 21.2. The van der Waals surface area contributed by atoms with Gasteiger partial charge in [0.25, 0.3) is 0 Å². The van der Waals surface area contributed by atoms with E-state index in [1.165, 1.54) is 92.6 Å². The molecule has 2 heterocycles. The highest BCUT2D eigenvalue weighted by Gasteiger charge is 2.44. The van der Waals surface area contributed by atoms with Crippen molar-refractivity contribution in [2.75, 3.05) is 82.1 Å². The monoisotopic (exact) mass is 1430 g/mol. The van der Waals surface area contributed by atoms with Gasteiger partial charge in [0.15, 0.2) is 0 Å². The number of unbranched alkanes of at least 4 members (excludes halogenated alkanes) is 1. The van der Waals surface area contributed by atoms with Gasteiger partial charge in [0.05, 0.1) is 26.1 Å². The summed E-state index contributed by atoms with van der Waals surface area (Å²) in [4.78, 5) is 186. The molecule has 24 nitrogen and oxygen atoms in total. The third kappa shape index (κ3) is 22.4. The second-order valence-electron chi connectivity index (χ2n) is 27.7. The molecule has 0 aromatic rings. The minimum Gasteiger partial charge on any atom is -0.343 e. The van der Waals surface area contributed by atoms with E-state index in [1.54, 1.807) is 11.8 Å². The van der Waals surface area contributed by atoms with E-state index in [0.29, 0.717) is 81.2 Å². The average molecular weight is 1430 g/mol. The minimum atomic E-state index is -1.65. The average Bonchev–Trinajstić information content (AvgIpc) is 0.973. The van der Waals surface area contributed by atoms with Crippen LogP contribution >= 0.6 is 34.2 Å². The molecule has 92 heavy (non-hydrogen) atoms. The Labute approximate surface area is 566 Å². The Balaban J connectivity index is 1.84. The molecule has 10 atom stereocenters. The van der Waals surface area contributed by atoms with Crippen LogP contribution in [0.5, 0.6) is 0 Å². The molecule has 2 saturated heterocycles. The number of nitrogens with one attached hydrogen (secondary N) is 4. The second-order valence-corrected chi connectivity index (χ2v) is 30.1. The van der Waals surface area contributed by atoms with Crippen LogP contribution in [0.2, 0.25) is 0 Å². The summed E-state index contributed by atoms with van der Waals surface area (Å²) >= 11 is 8.91. The first kappa shape index (κ1) is 79.1. The Morgan fingerprint density at radius 2 is 1.18 bits per heavy atom. The highest BCUT2D eigenvalue weighted by molar-refractivity contribution is 14.1. The fourth-order valence-corrected chi connectivity index (χ4v) is 14.2. The lowest BCUT2D eigenvalue weighted by Gasteiger charge is -2.39. The molecule has 0 radical (unpaired) electrons. The molecular formula is C66H112ClIN12O12. The van der Waals surface area contributed by atoms with Crippen molar-refractivity contribution in [3.05, 3.63) is 0 Å². The Morgan fingerprint density at radius 3 is 1.77 bits per heavy atom. The summed E-state index contributed by atoms with van der Waals surface area (Å²) in [6.45, 7) is 13.5. The number of amides is 12. The number of halogens is 2. The highest BCUT2D eigenvalue weighted by Crippen LogP contribution is 2.34. The van der Waals surface area contributed by atoms with E-state index in [9.17, 15) is 57.5 Å². The molecule has 4 aliphatic rings. The van der Waals surface area contributed by atoms with Crippen LogP contribution in [0.25, 0.3) is 0 Å². The second kappa shape index (κ2) is 37.1. The van der Waals surface area contributed by atoms with E-state index in [-0.39, 0.29) is 55.2 Å². The van der Waals surface area contributed by atoms with Crippen LogP contribution < -0.4 is 21.3 Å². The summed E-state index contributed by atoms with van der Waals surface area (Å²) in [7, 11) is 10.0. The number of alkyl halides is 2. The van der Waals surface area contributed by atoms with Gasteiger partial charge in [0.1, 0.15) is 47.8 Å². The fourth-order valence-electron chi connectivity index (χ4n) is 12.8. The lowest BCUT2D eigenvalue weighted by Crippen LogP contribution is -2.63. The summed E-state index contributed by atoms with van der Waals surface area (Å²) in [6, 6.07) is -8.29. The lowest BCUT2D eigenvalue weighted by molar-refractivity contribution is -0.151. The maximum absolute atomic E-state index is 14.9. The van der Waals surface area contributed by atoms with Crippen LogP contribution in [0.15, 0.2) is 0 Å². The Morgan fingerprint density at radius 1 is 0.587 bits per heavy atom. The maximum atomic E-state index is 14.9. The topological polar surface area (TPSA) is 279 Å². The van der Waals surface area contributed by atoms with Crippen LogP contribution in [0.4, 0.5) is 0 Å². The molecule has 0 aromatic carbocycles. The third-order valence-electron chi connectivity index (χ3n) is 19.6. The Kier molecular flexibility index (Phi) is 31.9. The summed E-state index contributed by atoms with van der Waals surface area (Å²) in [5.41, 5.74) is -1.65. The molecule has 0 aromatic heterocycles. The predicted octanol–water partition coefficient (Wildman–Crippen LogP) is 4.70. The number of hydrogen-bond acceptors (Lipinski definition) is 12. The number of likely N-dealkylation sites (N-methyl/N-ethyl adjacent to an activating group) is 7. The van der Waals surface area contributed by atoms with Crippen molar-refractivity contribution in [2.24, 2.45) is 23.7 Å². The zero-order chi connectivity index (χ0) is 69.1. The molecule has 2 unspecified atom stereocenters. The molecule has 0 spiro atoms. The molecule has 2 aliphatic heterocycles. The van der Waals surface area contributed by atoms with Gasteiger partial charge in [0.2, 0.25) is 70.9 Å². The van der Waals surface area contributed by atoms with Gasteiger partial charge in [-0.05, 0) is 121 Å². The molecular weight excluding hydrogens is 1320 g/mol. The first-order valence-electron chi connectivity index (χ1n) is 33.8. The number of carbonyl (C=O) groups is 12. The van der Waals surface area contributed by atoms with Gasteiger partial charge in [0, 0.05) is 71.7 Å². The lowest BCUT2D eigenvalue weighted by atomic mass is 9.84. The maximum Gasteiger partial charge on any atom is 0.246 e. The van der Waals surface area contributed by atoms with Gasteiger partial charge in [-0.3, -0.25) is 57.5 Å². The summed E-state index contributed by atoms with van der Waals surface area (Å²) in [6.07, 6.45) is 10.2. The highest BCUT2D eigenvalue weighted by atomic mass is 127. The number of carbonyl (C=O) groups excluding carboxylic acids is 12. The number of hydrogen-bond donors (Lipinski definition) is 4. The minimum absolute atomic E-state index is 0.00120. The first-order chi connectivity index (χ1) is 43.2. The van der Waals surface area contributed by atoms with Crippen LogP contribution in [0, 0.1) is 23.7 Å². The van der Waals surface area contributed by atoms with Gasteiger partial charge in [-0.1, -0.05) is 103 Å². The first-order valence-corrected chi connectivity index (χ1v) is 35.4. The SMILES string of the molecule is CCCC[C@@H]1NC(=O)[C@H](CC2CCCC(I)C2)NC(=O)CN(C)C(=O)[C@H](CC2CCC(Cl)CC2)N(C)C(=O)CN(C)C(=O)CN(C)C(=O)[C@H]([C@@H](C)CC)NC(=O)[C@H](CC(C)C)N(C)C(=O)C[C@@H](C(=O)N2CCCC2)N(C)C(=O)[C@H](CCC)NC(=O)C(C)(C)N(C)C1=O. The van der Waals surface area contributed by atoms with E-state index in [0.717, 1.165) is 30.6 Å². The zero-order valence-electron chi connectivity index (χ0n) is 57.9. The van der Waals surface area contributed by atoms with Crippen molar-refractivity contribution in [3.8, 4) is 0 Å². The van der Waals surface area contributed by atoms with Crippen LogP contribution in [0.3, 0.4) is 0 Å². The summed E-state index contributed by atoms with van der Waals surface area (Å²) in [5.74, 6) is -7.94. The van der Waals surface area contributed by atoms with Crippen molar-refractivity contribution >= 4 is 105 Å². The molecule has 4 N–H and O–H groups in total. The largest absolute Gasteiger partial charge is 0.343 e. The van der Waals surface area contributed by atoms with Gasteiger partial charge < -0.3 is 60.5 Å². The number of likely N-dealkylation sites (tertiary alicyclic amines) is 1. The van der Waals surface area contributed by atoms with Crippen LogP contribution in [-0.2, 0) is 57.5 Å². The molecule has 26 heteroatoms. The molecule has 522 valence electrons. The number of rotatable bonds is 14. The van der Waals surface area contributed by atoms with Crippen LogP contribution in [0.1, 0.15) is 184 Å². The van der Waals surface area contributed by atoms with E-state index in [1.807, 2.05) is 34.6 Å². The van der Waals surface area contributed by atoms with E-state index >= 15 is 0 Å². The summed E-state index contributed by atoms with van der Waals surface area (Å²) in [5, 5.41) is 11.6. The molecule has 12 amide bonds. The van der Waals surface area contributed by atoms with E-state index in [2.05, 4.69) is 43.9 Å². The van der Waals surface area contributed by atoms with Crippen LogP contribution in [-0.4, -0.2) is 249 Å². The van der Waals surface area contributed by atoms with Gasteiger partial charge in [-0.2, -0.15) is 0 Å². The van der Waals surface area contributed by atoms with Crippen molar-refractivity contribution < 1.29 is 57.5 Å². The Hall–Kier alpha value is -5.34. The van der Waals surface area contributed by atoms with E-state index in [4.69, 9.17) is 11.6 Å².